The normalized spacial score (nSPS) is 26.1. The van der Waals surface area contributed by atoms with Crippen LogP contribution in [0.1, 0.15) is 43.3 Å². The second-order valence-electron chi connectivity index (χ2n) is 4.41. The summed E-state index contributed by atoms with van der Waals surface area (Å²) in [7, 11) is 0. The highest BCUT2D eigenvalue weighted by Gasteiger charge is 2.39. The van der Waals surface area contributed by atoms with E-state index in [4.69, 9.17) is 5.73 Å². The van der Waals surface area contributed by atoms with Gasteiger partial charge in [-0.25, -0.2) is 0 Å². The molecule has 0 atom stereocenters. The summed E-state index contributed by atoms with van der Waals surface area (Å²) in [6, 6.07) is 0. The van der Waals surface area contributed by atoms with Crippen LogP contribution in [-0.4, -0.2) is 16.7 Å². The lowest BCUT2D eigenvalue weighted by Gasteiger charge is -2.25. The van der Waals surface area contributed by atoms with Crippen LogP contribution in [0.15, 0.2) is 4.52 Å². The molecule has 1 aromatic heterocycles. The summed E-state index contributed by atoms with van der Waals surface area (Å²) in [5, 5.41) is 3.42. The molecule has 1 saturated carbocycles. The van der Waals surface area contributed by atoms with Crippen LogP contribution in [0.4, 0.5) is 13.2 Å². The van der Waals surface area contributed by atoms with Crippen LogP contribution in [0.25, 0.3) is 0 Å². The van der Waals surface area contributed by atoms with Crippen LogP contribution >= 0.6 is 0 Å². The number of hydrogen-bond donors (Lipinski definition) is 1. The molecule has 1 fully saturated rings. The first-order chi connectivity index (χ1) is 8.00. The van der Waals surface area contributed by atoms with Gasteiger partial charge in [0.2, 0.25) is 0 Å². The Morgan fingerprint density at radius 2 is 1.88 bits per heavy atom. The smallest absolute Gasteiger partial charge is 0.330 e. The van der Waals surface area contributed by atoms with Gasteiger partial charge in [0.1, 0.15) is 0 Å². The number of aromatic nitrogens is 2. The topological polar surface area (TPSA) is 64.9 Å². The average Bonchev–Trinajstić information content (AvgIpc) is 2.78. The van der Waals surface area contributed by atoms with Gasteiger partial charge >= 0.3 is 12.1 Å². The predicted octanol–water partition coefficient (Wildman–Crippen LogP) is 2.32. The molecular weight excluding hydrogens is 235 g/mol. The third-order valence-corrected chi connectivity index (χ3v) is 3.23. The van der Waals surface area contributed by atoms with Gasteiger partial charge in [-0.3, -0.25) is 0 Å². The Balaban J connectivity index is 2.02. The van der Waals surface area contributed by atoms with Crippen LogP contribution in [0.5, 0.6) is 0 Å². The van der Waals surface area contributed by atoms with Crippen LogP contribution < -0.4 is 5.73 Å². The summed E-state index contributed by atoms with van der Waals surface area (Å²) in [4.78, 5) is 3.42. The zero-order chi connectivity index (χ0) is 12.5. The van der Waals surface area contributed by atoms with Gasteiger partial charge in [0.15, 0.2) is 5.82 Å². The minimum absolute atomic E-state index is 0.0300. The van der Waals surface area contributed by atoms with Crippen molar-refractivity contribution in [3.05, 3.63) is 11.7 Å². The molecule has 0 unspecified atom stereocenters. The summed E-state index contributed by atoms with van der Waals surface area (Å²) in [5.41, 5.74) is 5.55. The van der Waals surface area contributed by atoms with Gasteiger partial charge in [0, 0.05) is 5.92 Å². The molecule has 1 aromatic rings. The highest BCUT2D eigenvalue weighted by Crippen LogP contribution is 2.35. The molecule has 0 saturated heterocycles. The summed E-state index contributed by atoms with van der Waals surface area (Å²) in [6.45, 7) is 0.632. The molecule has 2 rings (SSSR count). The lowest BCUT2D eigenvalue weighted by Crippen LogP contribution is -2.21. The number of rotatable bonds is 2. The van der Waals surface area contributed by atoms with Crippen LogP contribution in [-0.2, 0) is 6.18 Å². The molecule has 0 aliphatic heterocycles. The summed E-state index contributed by atoms with van der Waals surface area (Å²) in [6.07, 6.45) is -1.18. The van der Waals surface area contributed by atoms with E-state index in [2.05, 4.69) is 14.7 Å². The molecule has 17 heavy (non-hydrogen) atoms. The maximum absolute atomic E-state index is 12.3. The second-order valence-corrected chi connectivity index (χ2v) is 4.41. The van der Waals surface area contributed by atoms with E-state index in [1.165, 1.54) is 0 Å². The van der Waals surface area contributed by atoms with Gasteiger partial charge in [-0.1, -0.05) is 5.16 Å². The number of nitrogens with zero attached hydrogens (tertiary/aromatic N) is 2. The molecule has 0 amide bonds. The standard InChI is InChI=1S/C10H14F3N3O/c11-10(12,13)9-15-8(16-17-9)7-3-1-6(5-14)2-4-7/h6-7H,1-5,14H2/t6-,7-. The van der Waals surface area contributed by atoms with Crippen molar-refractivity contribution in [1.29, 1.82) is 0 Å². The Bertz CT molecular complexity index is 369. The van der Waals surface area contributed by atoms with Crippen molar-refractivity contribution in [3.63, 3.8) is 0 Å². The van der Waals surface area contributed by atoms with Crippen LogP contribution in [0.2, 0.25) is 0 Å². The van der Waals surface area contributed by atoms with E-state index in [0.717, 1.165) is 25.7 Å². The Morgan fingerprint density at radius 1 is 1.24 bits per heavy atom. The van der Waals surface area contributed by atoms with Gasteiger partial charge in [0.25, 0.3) is 0 Å². The van der Waals surface area contributed by atoms with Crippen molar-refractivity contribution >= 4 is 0 Å². The Hall–Kier alpha value is -1.11. The summed E-state index contributed by atoms with van der Waals surface area (Å²) < 4.78 is 41.0. The Labute approximate surface area is 96.4 Å². The van der Waals surface area contributed by atoms with Crippen molar-refractivity contribution < 1.29 is 17.7 Å². The third kappa shape index (κ3) is 2.77. The quantitative estimate of drug-likeness (QED) is 0.873. The first-order valence-electron chi connectivity index (χ1n) is 5.61. The SMILES string of the molecule is NC[C@H]1CC[C@H](c2noc(C(F)(F)F)n2)CC1. The van der Waals surface area contributed by atoms with Crippen molar-refractivity contribution in [1.82, 2.24) is 10.1 Å². The zero-order valence-corrected chi connectivity index (χ0v) is 9.20. The van der Waals surface area contributed by atoms with Crippen molar-refractivity contribution in [3.8, 4) is 0 Å². The molecular formula is C10H14F3N3O. The fraction of sp³-hybridized carbons (Fsp3) is 0.800. The van der Waals surface area contributed by atoms with Gasteiger partial charge in [-0.15, -0.1) is 0 Å². The minimum Gasteiger partial charge on any atom is -0.330 e. The predicted molar refractivity (Wildman–Crippen MR) is 53.1 cm³/mol. The Kier molecular flexibility index (Phi) is 3.37. The van der Waals surface area contributed by atoms with Crippen molar-refractivity contribution in [2.75, 3.05) is 6.54 Å². The molecule has 1 aliphatic rings. The zero-order valence-electron chi connectivity index (χ0n) is 9.20. The third-order valence-electron chi connectivity index (χ3n) is 3.23. The average molecular weight is 249 g/mol. The van der Waals surface area contributed by atoms with Gasteiger partial charge in [-0.2, -0.15) is 18.2 Å². The monoisotopic (exact) mass is 249 g/mol. The van der Waals surface area contributed by atoms with E-state index in [-0.39, 0.29) is 11.7 Å². The van der Waals surface area contributed by atoms with E-state index in [1.54, 1.807) is 0 Å². The molecule has 2 N–H and O–H groups in total. The van der Waals surface area contributed by atoms with E-state index in [0.29, 0.717) is 12.5 Å². The van der Waals surface area contributed by atoms with Gasteiger partial charge < -0.3 is 10.3 Å². The highest BCUT2D eigenvalue weighted by molar-refractivity contribution is 4.99. The van der Waals surface area contributed by atoms with E-state index in [9.17, 15) is 13.2 Å². The molecule has 4 nitrogen and oxygen atoms in total. The number of nitrogens with two attached hydrogens (primary N) is 1. The van der Waals surface area contributed by atoms with E-state index >= 15 is 0 Å². The maximum atomic E-state index is 12.3. The molecule has 0 aromatic carbocycles. The van der Waals surface area contributed by atoms with Crippen LogP contribution in [0, 0.1) is 5.92 Å². The van der Waals surface area contributed by atoms with Crippen molar-refractivity contribution in [2.24, 2.45) is 11.7 Å². The van der Waals surface area contributed by atoms with Gasteiger partial charge in [-0.05, 0) is 38.1 Å². The summed E-state index contributed by atoms with van der Waals surface area (Å²) in [5.74, 6) is -0.640. The van der Waals surface area contributed by atoms with Gasteiger partial charge in [0.05, 0.1) is 0 Å². The van der Waals surface area contributed by atoms with E-state index in [1.807, 2.05) is 0 Å². The molecule has 1 heterocycles. The van der Waals surface area contributed by atoms with E-state index < -0.39 is 12.1 Å². The lowest BCUT2D eigenvalue weighted by atomic mass is 9.82. The molecule has 0 bridgehead atoms. The second kappa shape index (κ2) is 4.64. The lowest BCUT2D eigenvalue weighted by molar-refractivity contribution is -0.159. The molecule has 96 valence electrons. The number of hydrogen-bond acceptors (Lipinski definition) is 4. The first kappa shape index (κ1) is 12.3. The molecule has 0 spiro atoms. The number of halogens is 3. The minimum atomic E-state index is -4.56. The highest BCUT2D eigenvalue weighted by atomic mass is 19.4. The largest absolute Gasteiger partial charge is 0.471 e. The fourth-order valence-corrected chi connectivity index (χ4v) is 2.17. The Morgan fingerprint density at radius 3 is 2.35 bits per heavy atom. The molecule has 1 aliphatic carbocycles. The van der Waals surface area contributed by atoms with Crippen molar-refractivity contribution in [2.45, 2.75) is 37.8 Å². The summed E-state index contributed by atoms with van der Waals surface area (Å²) >= 11 is 0. The first-order valence-corrected chi connectivity index (χ1v) is 5.61. The number of alkyl halides is 3. The molecule has 0 radical (unpaired) electrons. The fourth-order valence-electron chi connectivity index (χ4n) is 2.17. The maximum Gasteiger partial charge on any atom is 0.471 e. The van der Waals surface area contributed by atoms with Crippen LogP contribution in [0.3, 0.4) is 0 Å². The molecule has 7 heteroatoms.